The number of aliphatic carboxylic acids is 1. The SMILES string of the molecule is CCOc1cc(N)c(C)cc1C(=O)NCC1CN(CCCCCC(=O)O)CCO1. The van der Waals surface area contributed by atoms with Crippen LogP contribution in [0.25, 0.3) is 0 Å². The number of hydrogen-bond acceptors (Lipinski definition) is 6. The Labute approximate surface area is 172 Å². The largest absolute Gasteiger partial charge is 0.493 e. The Hall–Kier alpha value is -2.32. The Balaban J connectivity index is 1.81. The van der Waals surface area contributed by atoms with Gasteiger partial charge >= 0.3 is 5.97 Å². The Morgan fingerprint density at radius 3 is 2.86 bits per heavy atom. The fourth-order valence-electron chi connectivity index (χ4n) is 3.35. The van der Waals surface area contributed by atoms with Gasteiger partial charge in [-0.25, -0.2) is 0 Å². The van der Waals surface area contributed by atoms with Crippen LogP contribution in [0.5, 0.6) is 5.75 Å². The van der Waals surface area contributed by atoms with Crippen LogP contribution in [-0.2, 0) is 9.53 Å². The van der Waals surface area contributed by atoms with Gasteiger partial charge in [-0.3, -0.25) is 14.5 Å². The van der Waals surface area contributed by atoms with Crippen molar-refractivity contribution in [1.29, 1.82) is 0 Å². The summed E-state index contributed by atoms with van der Waals surface area (Å²) in [5, 5.41) is 11.6. The highest BCUT2D eigenvalue weighted by Crippen LogP contribution is 2.25. The summed E-state index contributed by atoms with van der Waals surface area (Å²) in [5.41, 5.74) is 7.84. The van der Waals surface area contributed by atoms with Crippen LogP contribution in [0.15, 0.2) is 12.1 Å². The van der Waals surface area contributed by atoms with E-state index < -0.39 is 5.97 Å². The van der Waals surface area contributed by atoms with Crippen LogP contribution in [0.2, 0.25) is 0 Å². The van der Waals surface area contributed by atoms with Crippen molar-refractivity contribution < 1.29 is 24.2 Å². The summed E-state index contributed by atoms with van der Waals surface area (Å²) in [7, 11) is 0. The number of nitrogens with zero attached hydrogens (tertiary/aromatic N) is 1. The molecule has 1 aliphatic rings. The lowest BCUT2D eigenvalue weighted by Crippen LogP contribution is -2.47. The van der Waals surface area contributed by atoms with Crippen molar-refractivity contribution in [2.45, 2.75) is 45.6 Å². The minimum atomic E-state index is -0.740. The first-order valence-electron chi connectivity index (χ1n) is 10.3. The van der Waals surface area contributed by atoms with Gasteiger partial charge in [-0.15, -0.1) is 0 Å². The minimum Gasteiger partial charge on any atom is -0.493 e. The van der Waals surface area contributed by atoms with Gasteiger partial charge in [0.1, 0.15) is 5.75 Å². The molecule has 2 rings (SSSR count). The second-order valence-electron chi connectivity index (χ2n) is 7.35. The number of ether oxygens (including phenoxy) is 2. The number of nitrogens with one attached hydrogen (secondary N) is 1. The standard InChI is InChI=1S/C21H33N3O5/c1-3-28-19-12-18(22)15(2)11-17(19)21(27)23-13-16-14-24(9-10-29-16)8-6-4-5-7-20(25)26/h11-12,16H,3-10,13-14,22H2,1-2H3,(H,23,27)(H,25,26). The number of nitrogen functional groups attached to an aromatic ring is 1. The molecule has 0 bridgehead atoms. The molecule has 0 radical (unpaired) electrons. The molecule has 1 amide bonds. The normalized spacial score (nSPS) is 17.1. The number of aryl methyl sites for hydroxylation is 1. The Bertz CT molecular complexity index is 695. The van der Waals surface area contributed by atoms with Crippen molar-refractivity contribution >= 4 is 17.6 Å². The molecule has 8 heteroatoms. The molecule has 1 heterocycles. The highest BCUT2D eigenvalue weighted by Gasteiger charge is 2.22. The first-order chi connectivity index (χ1) is 13.9. The third-order valence-electron chi connectivity index (χ3n) is 4.99. The fraction of sp³-hybridized carbons (Fsp3) is 0.619. The van der Waals surface area contributed by atoms with E-state index in [0.717, 1.165) is 38.0 Å². The molecule has 1 atom stereocenters. The maximum atomic E-state index is 12.7. The summed E-state index contributed by atoms with van der Waals surface area (Å²) in [4.78, 5) is 25.5. The lowest BCUT2D eigenvalue weighted by atomic mass is 10.1. The predicted octanol–water partition coefficient (Wildman–Crippen LogP) is 2.05. The van der Waals surface area contributed by atoms with E-state index in [-0.39, 0.29) is 18.4 Å². The van der Waals surface area contributed by atoms with Crippen LogP contribution in [0, 0.1) is 6.92 Å². The molecule has 4 N–H and O–H groups in total. The van der Waals surface area contributed by atoms with E-state index in [1.165, 1.54) is 0 Å². The summed E-state index contributed by atoms with van der Waals surface area (Å²) < 4.78 is 11.4. The quantitative estimate of drug-likeness (QED) is 0.380. The van der Waals surface area contributed by atoms with Gasteiger partial charge in [0.2, 0.25) is 0 Å². The molecule has 0 aromatic heterocycles. The number of hydrogen-bond donors (Lipinski definition) is 3. The number of carboxylic acids is 1. The van der Waals surface area contributed by atoms with Gasteiger partial charge in [-0.2, -0.15) is 0 Å². The lowest BCUT2D eigenvalue weighted by molar-refractivity contribution is -0.137. The van der Waals surface area contributed by atoms with Gasteiger partial charge < -0.3 is 25.6 Å². The summed E-state index contributed by atoms with van der Waals surface area (Å²) >= 11 is 0. The molecule has 1 aromatic rings. The molecule has 162 valence electrons. The zero-order valence-corrected chi connectivity index (χ0v) is 17.4. The summed E-state index contributed by atoms with van der Waals surface area (Å²) in [6, 6.07) is 3.44. The topological polar surface area (TPSA) is 114 Å². The first kappa shape index (κ1) is 23.0. The highest BCUT2D eigenvalue weighted by molar-refractivity contribution is 5.97. The van der Waals surface area contributed by atoms with E-state index in [1.807, 2.05) is 13.8 Å². The van der Waals surface area contributed by atoms with Gasteiger partial charge in [0.15, 0.2) is 0 Å². The summed E-state index contributed by atoms with van der Waals surface area (Å²) in [6.07, 6.45) is 2.74. The number of nitrogens with two attached hydrogens (primary N) is 1. The molecule has 0 saturated carbocycles. The third kappa shape index (κ3) is 7.55. The van der Waals surface area contributed by atoms with Gasteiger partial charge in [-0.05, 0) is 44.9 Å². The number of morpholine rings is 1. The molecule has 0 aliphatic carbocycles. The van der Waals surface area contributed by atoms with Crippen LogP contribution < -0.4 is 15.8 Å². The number of carbonyl (C=O) groups is 2. The number of rotatable bonds is 11. The smallest absolute Gasteiger partial charge is 0.303 e. The molecule has 1 saturated heterocycles. The Kier molecular flexibility index (Phi) is 9.21. The number of amides is 1. The predicted molar refractivity (Wildman–Crippen MR) is 111 cm³/mol. The second kappa shape index (κ2) is 11.6. The molecule has 1 aromatic carbocycles. The molecular weight excluding hydrogens is 374 g/mol. The van der Waals surface area contributed by atoms with E-state index in [2.05, 4.69) is 10.2 Å². The van der Waals surface area contributed by atoms with Gasteiger partial charge in [-0.1, -0.05) is 6.42 Å². The van der Waals surface area contributed by atoms with Crippen LogP contribution in [0.3, 0.4) is 0 Å². The van der Waals surface area contributed by atoms with Gasteiger partial charge in [0.25, 0.3) is 5.91 Å². The monoisotopic (exact) mass is 407 g/mol. The zero-order chi connectivity index (χ0) is 21.2. The maximum Gasteiger partial charge on any atom is 0.303 e. The summed E-state index contributed by atoms with van der Waals surface area (Å²) in [6.45, 7) is 7.75. The molecule has 1 unspecified atom stereocenters. The van der Waals surface area contributed by atoms with E-state index in [9.17, 15) is 9.59 Å². The van der Waals surface area contributed by atoms with Gasteiger partial charge in [0.05, 0.1) is 24.9 Å². The molecule has 8 nitrogen and oxygen atoms in total. The molecule has 1 aliphatic heterocycles. The van der Waals surface area contributed by atoms with Crippen molar-refractivity contribution in [2.75, 3.05) is 45.1 Å². The minimum absolute atomic E-state index is 0.0721. The zero-order valence-electron chi connectivity index (χ0n) is 17.4. The average Bonchev–Trinajstić information content (AvgIpc) is 2.69. The molecular formula is C21H33N3O5. The van der Waals surface area contributed by atoms with Crippen LogP contribution >= 0.6 is 0 Å². The summed E-state index contributed by atoms with van der Waals surface area (Å²) in [5.74, 6) is -0.456. The molecule has 0 spiro atoms. The van der Waals surface area contributed by atoms with Crippen LogP contribution in [-0.4, -0.2) is 67.4 Å². The van der Waals surface area contributed by atoms with Gasteiger partial charge in [0, 0.05) is 37.8 Å². The van der Waals surface area contributed by atoms with E-state index in [4.69, 9.17) is 20.3 Å². The lowest BCUT2D eigenvalue weighted by Gasteiger charge is -2.33. The number of benzene rings is 1. The van der Waals surface area contributed by atoms with E-state index in [0.29, 0.717) is 43.2 Å². The molecule has 29 heavy (non-hydrogen) atoms. The van der Waals surface area contributed by atoms with Crippen molar-refractivity contribution in [3.63, 3.8) is 0 Å². The van der Waals surface area contributed by atoms with Crippen molar-refractivity contribution in [3.05, 3.63) is 23.3 Å². The van der Waals surface area contributed by atoms with E-state index >= 15 is 0 Å². The number of carboxylic acid groups (broad SMARTS) is 1. The van der Waals surface area contributed by atoms with Crippen molar-refractivity contribution in [2.24, 2.45) is 0 Å². The number of unbranched alkanes of at least 4 members (excludes halogenated alkanes) is 2. The Morgan fingerprint density at radius 2 is 2.14 bits per heavy atom. The number of carbonyl (C=O) groups excluding carboxylic acids is 1. The third-order valence-corrected chi connectivity index (χ3v) is 4.99. The van der Waals surface area contributed by atoms with E-state index in [1.54, 1.807) is 12.1 Å². The van der Waals surface area contributed by atoms with Crippen molar-refractivity contribution in [3.8, 4) is 5.75 Å². The maximum absolute atomic E-state index is 12.7. The fourth-order valence-corrected chi connectivity index (χ4v) is 3.35. The highest BCUT2D eigenvalue weighted by atomic mass is 16.5. The first-order valence-corrected chi connectivity index (χ1v) is 10.3. The molecule has 1 fully saturated rings. The Morgan fingerprint density at radius 1 is 1.34 bits per heavy atom. The number of anilines is 1. The van der Waals surface area contributed by atoms with Crippen LogP contribution in [0.4, 0.5) is 5.69 Å². The van der Waals surface area contributed by atoms with Crippen LogP contribution in [0.1, 0.15) is 48.5 Å². The average molecular weight is 408 g/mol. The second-order valence-corrected chi connectivity index (χ2v) is 7.35. The van der Waals surface area contributed by atoms with Crippen molar-refractivity contribution in [1.82, 2.24) is 10.2 Å².